The second kappa shape index (κ2) is 6.82. The Labute approximate surface area is 130 Å². The molecule has 0 aromatic carbocycles. The van der Waals surface area contributed by atoms with Crippen LogP contribution in [-0.4, -0.2) is 63.4 Å². The summed E-state index contributed by atoms with van der Waals surface area (Å²) in [7, 11) is -3.30. The van der Waals surface area contributed by atoms with Crippen LogP contribution in [0.4, 0.5) is 16.3 Å². The van der Waals surface area contributed by atoms with Gasteiger partial charge in [0.25, 0.3) is 0 Å². The fourth-order valence-electron chi connectivity index (χ4n) is 2.18. The maximum atomic E-state index is 11.6. The predicted molar refractivity (Wildman–Crippen MR) is 83.5 cm³/mol. The van der Waals surface area contributed by atoms with E-state index in [1.807, 2.05) is 4.90 Å². The summed E-state index contributed by atoms with van der Waals surface area (Å²) in [6, 6.07) is 3.43. The maximum Gasteiger partial charge on any atom is 0.409 e. The third-order valence-corrected chi connectivity index (χ3v) is 3.79. The zero-order valence-corrected chi connectivity index (χ0v) is 13.5. The number of hydrogen-bond acceptors (Lipinski definition) is 6. The molecule has 0 aliphatic carbocycles. The Balaban J connectivity index is 1.93. The molecule has 1 aromatic heterocycles. The first kappa shape index (κ1) is 16.3. The fraction of sp³-hybridized carbons (Fsp3) is 0.538. The molecule has 0 radical (unpaired) electrons. The van der Waals surface area contributed by atoms with Crippen LogP contribution in [0.3, 0.4) is 0 Å². The van der Waals surface area contributed by atoms with E-state index in [9.17, 15) is 13.2 Å². The van der Waals surface area contributed by atoms with Crippen molar-refractivity contribution in [2.45, 2.75) is 6.92 Å². The second-order valence-corrected chi connectivity index (χ2v) is 6.70. The molecule has 1 aromatic rings. The number of piperazine rings is 1. The molecule has 1 N–H and O–H groups in total. The first-order valence-corrected chi connectivity index (χ1v) is 8.88. The predicted octanol–water partition coefficient (Wildman–Crippen LogP) is 0.732. The number of sulfonamides is 1. The van der Waals surface area contributed by atoms with E-state index in [0.29, 0.717) is 38.5 Å². The standard InChI is InChI=1S/C13H20N4O4S/c1-3-21-13(18)17-8-6-16(7-9-17)12-5-4-11(10-14-12)15-22(2,19)20/h4-5,10,15H,3,6-9H2,1-2H3. The fourth-order valence-corrected chi connectivity index (χ4v) is 2.73. The number of hydrogen-bond donors (Lipinski definition) is 1. The average molecular weight is 328 g/mol. The van der Waals surface area contributed by atoms with Crippen LogP contribution in [0.25, 0.3) is 0 Å². The molecule has 1 amide bonds. The van der Waals surface area contributed by atoms with Crippen LogP contribution < -0.4 is 9.62 Å². The van der Waals surface area contributed by atoms with Crippen LogP contribution in [0.2, 0.25) is 0 Å². The summed E-state index contributed by atoms with van der Waals surface area (Å²) in [4.78, 5) is 19.6. The zero-order valence-electron chi connectivity index (χ0n) is 12.7. The largest absolute Gasteiger partial charge is 0.450 e. The third kappa shape index (κ3) is 4.48. The van der Waals surface area contributed by atoms with Crippen LogP contribution in [-0.2, 0) is 14.8 Å². The van der Waals surface area contributed by atoms with Crippen molar-refractivity contribution in [1.29, 1.82) is 0 Å². The number of nitrogens with one attached hydrogen (secondary N) is 1. The lowest BCUT2D eigenvalue weighted by Crippen LogP contribution is -2.49. The van der Waals surface area contributed by atoms with Gasteiger partial charge in [-0.25, -0.2) is 18.2 Å². The lowest BCUT2D eigenvalue weighted by atomic mass is 10.3. The van der Waals surface area contributed by atoms with E-state index >= 15 is 0 Å². The van der Waals surface area contributed by atoms with Crippen LogP contribution in [0.1, 0.15) is 6.92 Å². The van der Waals surface area contributed by atoms with Crippen molar-refractivity contribution in [3.8, 4) is 0 Å². The van der Waals surface area contributed by atoms with Crippen molar-refractivity contribution in [2.75, 3.05) is 48.7 Å². The number of nitrogens with zero attached hydrogens (tertiary/aromatic N) is 3. The van der Waals surface area contributed by atoms with Crippen molar-refractivity contribution in [3.63, 3.8) is 0 Å². The SMILES string of the molecule is CCOC(=O)N1CCN(c2ccc(NS(C)(=O)=O)cn2)CC1. The molecule has 1 aliphatic rings. The minimum Gasteiger partial charge on any atom is -0.450 e. The summed E-state index contributed by atoms with van der Waals surface area (Å²) < 4.78 is 29.6. The van der Waals surface area contributed by atoms with Gasteiger partial charge in [-0.15, -0.1) is 0 Å². The number of amides is 1. The molecule has 0 atom stereocenters. The van der Waals surface area contributed by atoms with Gasteiger partial charge in [-0.3, -0.25) is 4.72 Å². The van der Waals surface area contributed by atoms with Gasteiger partial charge in [0.15, 0.2) is 0 Å². The molecule has 122 valence electrons. The molecular formula is C13H20N4O4S. The van der Waals surface area contributed by atoms with Crippen molar-refractivity contribution >= 4 is 27.6 Å². The summed E-state index contributed by atoms with van der Waals surface area (Å²) in [6.45, 7) is 4.61. The smallest absolute Gasteiger partial charge is 0.409 e. The number of pyridine rings is 1. The van der Waals surface area contributed by atoms with Gasteiger partial charge >= 0.3 is 6.09 Å². The number of carbonyl (C=O) groups excluding carboxylic acids is 1. The molecule has 8 nitrogen and oxygen atoms in total. The first-order chi connectivity index (χ1) is 10.4. The maximum absolute atomic E-state index is 11.6. The monoisotopic (exact) mass is 328 g/mol. The Morgan fingerprint density at radius 2 is 2.00 bits per heavy atom. The molecule has 2 rings (SSSR count). The molecule has 1 aliphatic heterocycles. The molecule has 0 saturated carbocycles. The van der Waals surface area contributed by atoms with Crippen molar-refractivity contribution in [1.82, 2.24) is 9.88 Å². The lowest BCUT2D eigenvalue weighted by Gasteiger charge is -2.34. The number of aromatic nitrogens is 1. The summed E-state index contributed by atoms with van der Waals surface area (Å²) in [5, 5.41) is 0. The van der Waals surface area contributed by atoms with Crippen LogP contribution in [0, 0.1) is 0 Å². The summed E-state index contributed by atoms with van der Waals surface area (Å²) >= 11 is 0. The summed E-state index contributed by atoms with van der Waals surface area (Å²) in [6.07, 6.45) is 2.28. The Hall–Kier alpha value is -2.03. The Morgan fingerprint density at radius 1 is 1.32 bits per heavy atom. The highest BCUT2D eigenvalue weighted by Crippen LogP contribution is 2.17. The van der Waals surface area contributed by atoms with Gasteiger partial charge in [-0.2, -0.15) is 0 Å². The van der Waals surface area contributed by atoms with Gasteiger partial charge in [0.2, 0.25) is 10.0 Å². The highest BCUT2D eigenvalue weighted by atomic mass is 32.2. The third-order valence-electron chi connectivity index (χ3n) is 3.18. The number of rotatable bonds is 4. The van der Waals surface area contributed by atoms with Crippen molar-refractivity contribution < 1.29 is 17.9 Å². The molecule has 0 unspecified atom stereocenters. The number of anilines is 2. The summed E-state index contributed by atoms with van der Waals surface area (Å²) in [5.41, 5.74) is 0.427. The van der Waals surface area contributed by atoms with E-state index in [-0.39, 0.29) is 6.09 Å². The highest BCUT2D eigenvalue weighted by molar-refractivity contribution is 7.92. The molecule has 0 bridgehead atoms. The lowest BCUT2D eigenvalue weighted by molar-refractivity contribution is 0.105. The second-order valence-electron chi connectivity index (χ2n) is 4.95. The Kier molecular flexibility index (Phi) is 5.07. The molecule has 22 heavy (non-hydrogen) atoms. The van der Waals surface area contributed by atoms with Crippen LogP contribution in [0.5, 0.6) is 0 Å². The molecule has 0 spiro atoms. The van der Waals surface area contributed by atoms with Crippen LogP contribution >= 0.6 is 0 Å². The minimum atomic E-state index is -3.30. The zero-order chi connectivity index (χ0) is 16.2. The van der Waals surface area contributed by atoms with Gasteiger partial charge < -0.3 is 14.5 Å². The highest BCUT2D eigenvalue weighted by Gasteiger charge is 2.22. The van der Waals surface area contributed by atoms with E-state index in [1.165, 1.54) is 6.20 Å². The minimum absolute atomic E-state index is 0.289. The van der Waals surface area contributed by atoms with Gasteiger partial charge in [0.05, 0.1) is 24.7 Å². The molecule has 9 heteroatoms. The average Bonchev–Trinajstić information content (AvgIpc) is 2.47. The number of ether oxygens (including phenoxy) is 1. The van der Waals surface area contributed by atoms with E-state index in [1.54, 1.807) is 24.0 Å². The molecule has 2 heterocycles. The van der Waals surface area contributed by atoms with Crippen LogP contribution in [0.15, 0.2) is 18.3 Å². The Morgan fingerprint density at radius 3 is 2.50 bits per heavy atom. The topological polar surface area (TPSA) is 91.8 Å². The van der Waals surface area contributed by atoms with Crippen molar-refractivity contribution in [2.24, 2.45) is 0 Å². The van der Waals surface area contributed by atoms with E-state index < -0.39 is 10.0 Å². The van der Waals surface area contributed by atoms with E-state index in [4.69, 9.17) is 4.74 Å². The van der Waals surface area contributed by atoms with Gasteiger partial charge in [0, 0.05) is 26.2 Å². The van der Waals surface area contributed by atoms with Gasteiger partial charge in [0.1, 0.15) is 5.82 Å². The quantitative estimate of drug-likeness (QED) is 0.876. The molecule has 1 fully saturated rings. The van der Waals surface area contributed by atoms with E-state index in [2.05, 4.69) is 9.71 Å². The van der Waals surface area contributed by atoms with Gasteiger partial charge in [-0.05, 0) is 19.1 Å². The summed E-state index contributed by atoms with van der Waals surface area (Å²) in [5.74, 6) is 0.752. The molecule has 1 saturated heterocycles. The first-order valence-electron chi connectivity index (χ1n) is 6.99. The van der Waals surface area contributed by atoms with Crippen molar-refractivity contribution in [3.05, 3.63) is 18.3 Å². The molecular weight excluding hydrogens is 308 g/mol. The van der Waals surface area contributed by atoms with Gasteiger partial charge in [-0.1, -0.05) is 0 Å². The number of carbonyl (C=O) groups is 1. The van der Waals surface area contributed by atoms with E-state index in [0.717, 1.165) is 12.1 Å². The normalized spacial score (nSPS) is 15.5. The Bertz CT molecular complexity index is 609.